The van der Waals surface area contributed by atoms with Crippen molar-refractivity contribution in [3.8, 4) is 0 Å². The smallest absolute Gasteiger partial charge is 0.266 e. The summed E-state index contributed by atoms with van der Waals surface area (Å²) < 4.78 is 14.6. The van der Waals surface area contributed by atoms with Crippen LogP contribution in [0.1, 0.15) is 15.2 Å². The van der Waals surface area contributed by atoms with E-state index in [2.05, 4.69) is 5.32 Å². The summed E-state index contributed by atoms with van der Waals surface area (Å²) in [6.45, 7) is 1.75. The summed E-state index contributed by atoms with van der Waals surface area (Å²) in [5, 5.41) is 3.74. The number of para-hydroxylation sites is 1. The maximum atomic E-state index is 13.9. The Hall–Kier alpha value is -1.91. The highest BCUT2D eigenvalue weighted by Gasteiger charge is 2.18. The minimum Gasteiger partial charge on any atom is -0.320 e. The standard InChI is InChI=1S/C16H11ClFNOS/c1-9-14-11(18)6-4-8-13(14)21-15(9)16(20)19-12-7-3-2-5-10(12)17/h2-8H,1H3,(H,19,20). The Morgan fingerprint density at radius 1 is 1.19 bits per heavy atom. The number of fused-ring (bicyclic) bond motifs is 1. The summed E-state index contributed by atoms with van der Waals surface area (Å²) in [5.41, 5.74) is 1.19. The lowest BCUT2D eigenvalue weighted by molar-refractivity contribution is 0.103. The first-order valence-corrected chi connectivity index (χ1v) is 7.51. The molecule has 0 fully saturated rings. The van der Waals surface area contributed by atoms with Crippen molar-refractivity contribution < 1.29 is 9.18 Å². The summed E-state index contributed by atoms with van der Waals surface area (Å²) in [7, 11) is 0. The number of hydrogen-bond acceptors (Lipinski definition) is 2. The molecule has 0 bridgehead atoms. The second-order valence-electron chi connectivity index (χ2n) is 4.60. The van der Waals surface area contributed by atoms with E-state index < -0.39 is 0 Å². The van der Waals surface area contributed by atoms with Gasteiger partial charge in [-0.2, -0.15) is 0 Å². The van der Waals surface area contributed by atoms with Gasteiger partial charge in [0.1, 0.15) is 5.82 Å². The van der Waals surface area contributed by atoms with Crippen LogP contribution >= 0.6 is 22.9 Å². The molecule has 2 aromatic carbocycles. The highest BCUT2D eigenvalue weighted by molar-refractivity contribution is 7.21. The molecule has 106 valence electrons. The van der Waals surface area contributed by atoms with Crippen molar-refractivity contribution >= 4 is 44.6 Å². The third kappa shape index (κ3) is 2.52. The van der Waals surface area contributed by atoms with Crippen molar-refractivity contribution in [1.82, 2.24) is 0 Å². The van der Waals surface area contributed by atoms with Gasteiger partial charge in [-0.3, -0.25) is 4.79 Å². The van der Waals surface area contributed by atoms with Crippen LogP contribution in [-0.4, -0.2) is 5.91 Å². The van der Waals surface area contributed by atoms with Gasteiger partial charge in [-0.15, -0.1) is 11.3 Å². The second-order valence-corrected chi connectivity index (χ2v) is 6.06. The number of thiophene rings is 1. The molecule has 0 atom stereocenters. The Balaban J connectivity index is 2.01. The van der Waals surface area contributed by atoms with Crippen LogP contribution in [0, 0.1) is 12.7 Å². The number of aryl methyl sites for hydroxylation is 1. The molecule has 0 spiro atoms. The van der Waals surface area contributed by atoms with Crippen LogP contribution < -0.4 is 5.32 Å². The molecule has 2 nitrogen and oxygen atoms in total. The predicted octanol–water partition coefficient (Wildman–Crippen LogP) is 5.25. The van der Waals surface area contributed by atoms with E-state index in [-0.39, 0.29) is 11.7 Å². The lowest BCUT2D eigenvalue weighted by Gasteiger charge is -2.06. The molecular weight excluding hydrogens is 309 g/mol. The zero-order valence-electron chi connectivity index (χ0n) is 11.1. The van der Waals surface area contributed by atoms with E-state index in [4.69, 9.17) is 11.6 Å². The molecule has 3 rings (SSSR count). The molecule has 5 heteroatoms. The minimum atomic E-state index is -0.307. The molecule has 0 saturated carbocycles. The molecule has 0 unspecified atom stereocenters. The first-order chi connectivity index (χ1) is 10.1. The topological polar surface area (TPSA) is 29.1 Å². The van der Waals surface area contributed by atoms with E-state index in [0.29, 0.717) is 26.5 Å². The second kappa shape index (κ2) is 5.47. The minimum absolute atomic E-state index is 0.277. The summed E-state index contributed by atoms with van der Waals surface area (Å²) in [6, 6.07) is 11.9. The van der Waals surface area contributed by atoms with E-state index in [9.17, 15) is 9.18 Å². The van der Waals surface area contributed by atoms with E-state index in [1.165, 1.54) is 17.4 Å². The van der Waals surface area contributed by atoms with Crippen LogP contribution in [0.5, 0.6) is 0 Å². The fourth-order valence-corrected chi connectivity index (χ4v) is 3.51. The van der Waals surface area contributed by atoms with Crippen molar-refractivity contribution in [1.29, 1.82) is 0 Å². The maximum Gasteiger partial charge on any atom is 0.266 e. The quantitative estimate of drug-likeness (QED) is 0.686. The molecule has 1 N–H and O–H groups in total. The van der Waals surface area contributed by atoms with E-state index >= 15 is 0 Å². The van der Waals surface area contributed by atoms with Crippen molar-refractivity contribution in [2.24, 2.45) is 0 Å². The highest BCUT2D eigenvalue weighted by atomic mass is 35.5. The average Bonchev–Trinajstić information content (AvgIpc) is 2.80. The largest absolute Gasteiger partial charge is 0.320 e. The Bertz CT molecular complexity index is 843. The molecule has 0 radical (unpaired) electrons. The van der Waals surface area contributed by atoms with Crippen molar-refractivity contribution in [2.45, 2.75) is 6.92 Å². The van der Waals surface area contributed by atoms with Gasteiger partial charge in [0.2, 0.25) is 0 Å². The van der Waals surface area contributed by atoms with Crippen molar-refractivity contribution in [3.05, 3.63) is 63.7 Å². The van der Waals surface area contributed by atoms with E-state index in [1.54, 1.807) is 37.3 Å². The average molecular weight is 320 g/mol. The number of hydrogen-bond donors (Lipinski definition) is 1. The summed E-state index contributed by atoms with van der Waals surface area (Å²) in [6.07, 6.45) is 0. The number of benzene rings is 2. The van der Waals surface area contributed by atoms with Gasteiger partial charge in [0.15, 0.2) is 0 Å². The van der Waals surface area contributed by atoms with Gasteiger partial charge in [-0.1, -0.05) is 29.8 Å². The summed E-state index contributed by atoms with van der Waals surface area (Å²) >= 11 is 7.30. The molecule has 21 heavy (non-hydrogen) atoms. The van der Waals surface area contributed by atoms with Crippen LogP contribution in [0.4, 0.5) is 10.1 Å². The van der Waals surface area contributed by atoms with Crippen molar-refractivity contribution in [2.75, 3.05) is 5.32 Å². The number of rotatable bonds is 2. The molecule has 1 aromatic heterocycles. The zero-order valence-corrected chi connectivity index (χ0v) is 12.7. The normalized spacial score (nSPS) is 10.8. The molecule has 0 aliphatic heterocycles. The molecular formula is C16H11ClFNOS. The van der Waals surface area contributed by atoms with Gasteiger partial charge in [0.05, 0.1) is 15.6 Å². The number of carbonyl (C=O) groups excluding carboxylic acids is 1. The van der Waals surface area contributed by atoms with E-state index in [0.717, 1.165) is 4.70 Å². The van der Waals surface area contributed by atoms with Gasteiger partial charge in [-0.25, -0.2) is 4.39 Å². The Labute approximate surface area is 130 Å². The van der Waals surface area contributed by atoms with E-state index in [1.807, 2.05) is 6.07 Å². The molecule has 1 heterocycles. The number of halogens is 2. The number of carbonyl (C=O) groups is 1. The van der Waals surface area contributed by atoms with Gasteiger partial charge >= 0.3 is 0 Å². The van der Waals surface area contributed by atoms with Gasteiger partial charge in [0.25, 0.3) is 5.91 Å². The van der Waals surface area contributed by atoms with Gasteiger partial charge < -0.3 is 5.32 Å². The van der Waals surface area contributed by atoms with Gasteiger partial charge in [0, 0.05) is 10.1 Å². The summed E-state index contributed by atoms with van der Waals surface area (Å²) in [5.74, 6) is -0.584. The van der Waals surface area contributed by atoms with Crippen LogP contribution in [0.2, 0.25) is 5.02 Å². The SMILES string of the molecule is Cc1c(C(=O)Nc2ccccc2Cl)sc2cccc(F)c12. The molecule has 0 saturated heterocycles. The van der Waals surface area contributed by atoms with Crippen molar-refractivity contribution in [3.63, 3.8) is 0 Å². The molecule has 3 aromatic rings. The van der Waals surface area contributed by atoms with Crippen LogP contribution in [-0.2, 0) is 0 Å². The predicted molar refractivity (Wildman–Crippen MR) is 85.9 cm³/mol. The highest BCUT2D eigenvalue weighted by Crippen LogP contribution is 2.33. The number of anilines is 1. The van der Waals surface area contributed by atoms with Crippen LogP contribution in [0.15, 0.2) is 42.5 Å². The molecule has 1 amide bonds. The molecule has 0 aliphatic rings. The Morgan fingerprint density at radius 3 is 2.67 bits per heavy atom. The van der Waals surface area contributed by atoms with Crippen LogP contribution in [0.25, 0.3) is 10.1 Å². The maximum absolute atomic E-state index is 13.9. The fourth-order valence-electron chi connectivity index (χ4n) is 2.21. The third-order valence-corrected chi connectivity index (χ3v) is 4.82. The third-order valence-electron chi connectivity index (χ3n) is 3.23. The summed E-state index contributed by atoms with van der Waals surface area (Å²) in [4.78, 5) is 12.9. The Kier molecular flexibility index (Phi) is 3.66. The van der Waals surface area contributed by atoms with Crippen LogP contribution in [0.3, 0.4) is 0 Å². The lowest BCUT2D eigenvalue weighted by Crippen LogP contribution is -2.11. The fraction of sp³-hybridized carbons (Fsp3) is 0.0625. The molecule has 0 aliphatic carbocycles. The number of nitrogens with one attached hydrogen (secondary N) is 1. The Morgan fingerprint density at radius 2 is 1.95 bits per heavy atom. The van der Waals surface area contributed by atoms with Gasteiger partial charge in [-0.05, 0) is 36.8 Å². The monoisotopic (exact) mass is 319 g/mol. The zero-order chi connectivity index (χ0) is 15.0. The first-order valence-electron chi connectivity index (χ1n) is 6.31. The lowest BCUT2D eigenvalue weighted by atomic mass is 10.1. The number of amides is 1. The first kappa shape index (κ1) is 14.0.